The van der Waals surface area contributed by atoms with E-state index in [0.717, 1.165) is 5.56 Å². The fourth-order valence-corrected chi connectivity index (χ4v) is 2.18. The van der Waals surface area contributed by atoms with Gasteiger partial charge in [-0.25, -0.2) is 4.79 Å². The molecule has 8 heteroatoms. The van der Waals surface area contributed by atoms with Crippen LogP contribution in [0.1, 0.15) is 12.5 Å². The van der Waals surface area contributed by atoms with Crippen molar-refractivity contribution in [2.75, 3.05) is 7.11 Å². The Balaban J connectivity index is 1.94. The molecule has 4 N–H and O–H groups in total. The van der Waals surface area contributed by atoms with Crippen LogP contribution in [-0.4, -0.2) is 59.2 Å². The zero-order valence-electron chi connectivity index (χ0n) is 12.9. The van der Waals surface area contributed by atoms with Gasteiger partial charge >= 0.3 is 6.09 Å². The fraction of sp³-hybridized carbons (Fsp3) is 0.533. The molecule has 0 aromatic heterocycles. The van der Waals surface area contributed by atoms with Gasteiger partial charge in [0, 0.05) is 6.54 Å². The largest absolute Gasteiger partial charge is 0.462 e. The summed E-state index contributed by atoms with van der Waals surface area (Å²) in [5, 5.41) is 31.8. The van der Waals surface area contributed by atoms with Crippen LogP contribution in [0.15, 0.2) is 24.3 Å². The Kier molecular flexibility index (Phi) is 5.78. The van der Waals surface area contributed by atoms with Crippen molar-refractivity contribution in [2.24, 2.45) is 0 Å². The number of methoxy groups -OCH3 is 1. The van der Waals surface area contributed by atoms with E-state index >= 15 is 0 Å². The molecule has 1 saturated heterocycles. The Morgan fingerprint density at radius 3 is 2.43 bits per heavy atom. The molecule has 8 nitrogen and oxygen atoms in total. The highest BCUT2D eigenvalue weighted by Crippen LogP contribution is 2.24. The summed E-state index contributed by atoms with van der Waals surface area (Å²) in [5.41, 5.74) is 0.830. The molecule has 1 aliphatic heterocycles. The molecular weight excluding hydrogens is 306 g/mol. The summed E-state index contributed by atoms with van der Waals surface area (Å²) in [4.78, 5) is 11.0. The first kappa shape index (κ1) is 17.5. The minimum atomic E-state index is -1.36. The number of hydrogen-bond acceptors (Lipinski definition) is 7. The first-order valence-electron chi connectivity index (χ1n) is 7.19. The average molecular weight is 327 g/mol. The lowest BCUT2D eigenvalue weighted by atomic mass is 10.00. The smallest absolute Gasteiger partial charge is 0.407 e. The van der Waals surface area contributed by atoms with E-state index in [-0.39, 0.29) is 0 Å². The lowest BCUT2D eigenvalue weighted by Crippen LogP contribution is -2.58. The predicted octanol–water partition coefficient (Wildman–Crippen LogP) is -0.251. The molecule has 1 aliphatic rings. The van der Waals surface area contributed by atoms with E-state index < -0.39 is 36.8 Å². The molecule has 1 aromatic rings. The fourth-order valence-electron chi connectivity index (χ4n) is 2.18. The van der Waals surface area contributed by atoms with Gasteiger partial charge in [0.1, 0.15) is 24.1 Å². The van der Waals surface area contributed by atoms with Crippen LogP contribution >= 0.6 is 0 Å². The number of carbonyl (C=O) groups excluding carboxylic acids is 1. The highest BCUT2D eigenvalue weighted by atomic mass is 16.7. The molecule has 0 radical (unpaired) electrons. The summed E-state index contributed by atoms with van der Waals surface area (Å²) in [5.74, 6) is 0.423. The van der Waals surface area contributed by atoms with E-state index in [0.29, 0.717) is 12.3 Å². The van der Waals surface area contributed by atoms with Gasteiger partial charge in [0.2, 0.25) is 6.29 Å². The maximum atomic E-state index is 11.0. The Hall–Kier alpha value is -1.87. The molecular formula is C15H21NO7. The minimum Gasteiger partial charge on any atom is -0.462 e. The first-order chi connectivity index (χ1) is 10.9. The van der Waals surface area contributed by atoms with E-state index in [2.05, 4.69) is 10.1 Å². The summed E-state index contributed by atoms with van der Waals surface area (Å²) in [6.07, 6.45) is -6.14. The highest BCUT2D eigenvalue weighted by molar-refractivity contribution is 5.66. The summed E-state index contributed by atoms with van der Waals surface area (Å²) < 4.78 is 15.3. The van der Waals surface area contributed by atoms with Crippen LogP contribution in [0.2, 0.25) is 0 Å². The number of nitrogens with one attached hydrogen (secondary N) is 1. The second-order valence-corrected chi connectivity index (χ2v) is 5.29. The van der Waals surface area contributed by atoms with Crippen molar-refractivity contribution in [3.63, 3.8) is 0 Å². The monoisotopic (exact) mass is 327 g/mol. The Labute approximate surface area is 133 Å². The Morgan fingerprint density at radius 2 is 1.83 bits per heavy atom. The zero-order chi connectivity index (χ0) is 17.0. The summed E-state index contributed by atoms with van der Waals surface area (Å²) in [6, 6.07) is 6.75. The van der Waals surface area contributed by atoms with E-state index in [1.165, 1.54) is 7.11 Å². The van der Waals surface area contributed by atoms with Crippen LogP contribution in [0.5, 0.6) is 5.75 Å². The van der Waals surface area contributed by atoms with Gasteiger partial charge in [-0.05, 0) is 24.6 Å². The van der Waals surface area contributed by atoms with Gasteiger partial charge in [-0.15, -0.1) is 0 Å². The van der Waals surface area contributed by atoms with E-state index in [9.17, 15) is 20.1 Å². The third-order valence-electron chi connectivity index (χ3n) is 3.61. The third-order valence-corrected chi connectivity index (χ3v) is 3.61. The van der Waals surface area contributed by atoms with Gasteiger partial charge in [-0.1, -0.05) is 12.1 Å². The van der Waals surface area contributed by atoms with Crippen LogP contribution in [0, 0.1) is 0 Å². The molecule has 2 rings (SSSR count). The average Bonchev–Trinajstić information content (AvgIpc) is 2.56. The number of rotatable bonds is 4. The van der Waals surface area contributed by atoms with Gasteiger partial charge in [-0.2, -0.15) is 0 Å². The standard InChI is InChI=1S/C15H21NO7/c1-8-11(17)12(18)13(19)14(22-8)23-10-5-3-9(4-6-10)7-16-15(20)21-2/h3-6,8,11-14,17-19H,7H2,1-2H3,(H,16,20)/t8-,11-,12+,13-,14-/m1/s1. The Morgan fingerprint density at radius 1 is 1.17 bits per heavy atom. The molecule has 1 amide bonds. The molecule has 0 bridgehead atoms. The molecule has 1 fully saturated rings. The maximum Gasteiger partial charge on any atom is 0.407 e. The van der Waals surface area contributed by atoms with Gasteiger partial charge in [-0.3, -0.25) is 0 Å². The number of alkyl carbamates (subject to hydrolysis) is 1. The van der Waals surface area contributed by atoms with Gasteiger partial charge < -0.3 is 34.8 Å². The third kappa shape index (κ3) is 4.32. The van der Waals surface area contributed by atoms with Crippen molar-refractivity contribution >= 4 is 6.09 Å². The summed E-state index contributed by atoms with van der Waals surface area (Å²) >= 11 is 0. The lowest BCUT2D eigenvalue weighted by Gasteiger charge is -2.38. The molecule has 5 atom stereocenters. The molecule has 128 valence electrons. The quantitative estimate of drug-likeness (QED) is 0.602. The van der Waals surface area contributed by atoms with E-state index in [1.54, 1.807) is 31.2 Å². The van der Waals surface area contributed by atoms with Gasteiger partial charge in [0.05, 0.1) is 13.2 Å². The molecule has 0 spiro atoms. The normalized spacial score (nSPS) is 30.6. The van der Waals surface area contributed by atoms with Crippen molar-refractivity contribution < 1.29 is 34.3 Å². The van der Waals surface area contributed by atoms with Crippen LogP contribution < -0.4 is 10.1 Å². The van der Waals surface area contributed by atoms with Gasteiger partial charge in [0.25, 0.3) is 0 Å². The molecule has 1 heterocycles. The van der Waals surface area contributed by atoms with Crippen molar-refractivity contribution in [1.82, 2.24) is 5.32 Å². The summed E-state index contributed by atoms with van der Waals surface area (Å²) in [6.45, 7) is 1.88. The topological polar surface area (TPSA) is 117 Å². The van der Waals surface area contributed by atoms with Crippen LogP contribution in [-0.2, 0) is 16.0 Å². The summed E-state index contributed by atoms with van der Waals surface area (Å²) in [7, 11) is 1.29. The van der Waals surface area contributed by atoms with Crippen LogP contribution in [0.25, 0.3) is 0 Å². The first-order valence-corrected chi connectivity index (χ1v) is 7.19. The molecule has 1 aromatic carbocycles. The second-order valence-electron chi connectivity index (χ2n) is 5.29. The van der Waals surface area contributed by atoms with E-state index in [1.807, 2.05) is 0 Å². The molecule has 23 heavy (non-hydrogen) atoms. The highest BCUT2D eigenvalue weighted by Gasteiger charge is 2.43. The molecule has 0 saturated carbocycles. The zero-order valence-corrected chi connectivity index (χ0v) is 12.9. The van der Waals surface area contributed by atoms with Gasteiger partial charge in [0.15, 0.2) is 0 Å². The van der Waals surface area contributed by atoms with Crippen molar-refractivity contribution in [3.8, 4) is 5.75 Å². The number of amides is 1. The number of benzene rings is 1. The van der Waals surface area contributed by atoms with Crippen molar-refractivity contribution in [2.45, 2.75) is 44.2 Å². The number of ether oxygens (including phenoxy) is 3. The Bertz CT molecular complexity index is 521. The van der Waals surface area contributed by atoms with E-state index in [4.69, 9.17) is 9.47 Å². The number of carbonyl (C=O) groups is 1. The van der Waals surface area contributed by atoms with Crippen molar-refractivity contribution in [1.29, 1.82) is 0 Å². The number of hydrogen-bond donors (Lipinski definition) is 4. The molecule has 0 unspecified atom stereocenters. The number of aliphatic hydroxyl groups is 3. The molecule has 0 aliphatic carbocycles. The van der Waals surface area contributed by atoms with Crippen LogP contribution in [0.4, 0.5) is 4.79 Å². The van der Waals surface area contributed by atoms with Crippen molar-refractivity contribution in [3.05, 3.63) is 29.8 Å². The lowest BCUT2D eigenvalue weighted by molar-refractivity contribution is -0.268. The number of aliphatic hydroxyl groups excluding tert-OH is 3. The maximum absolute atomic E-state index is 11.0. The van der Waals surface area contributed by atoms with Crippen LogP contribution in [0.3, 0.4) is 0 Å². The predicted molar refractivity (Wildman–Crippen MR) is 78.7 cm³/mol. The SMILES string of the molecule is COC(=O)NCc1ccc(O[C@H]2O[C@H](C)[C@@H](O)[C@H](O)[C@H]2O)cc1. The minimum absolute atomic E-state index is 0.303. The second kappa shape index (κ2) is 7.60.